The van der Waals surface area contributed by atoms with Crippen LogP contribution in [-0.2, 0) is 4.74 Å². The van der Waals surface area contributed by atoms with Gasteiger partial charge in [-0.2, -0.15) is 13.2 Å². The van der Waals surface area contributed by atoms with Crippen LogP contribution in [0.3, 0.4) is 0 Å². The lowest BCUT2D eigenvalue weighted by Gasteiger charge is -2.11. The van der Waals surface area contributed by atoms with E-state index in [4.69, 9.17) is 4.74 Å². The lowest BCUT2D eigenvalue weighted by molar-refractivity contribution is -0.136. The minimum atomic E-state index is -4.11. The molecule has 0 aliphatic carbocycles. The van der Waals surface area contributed by atoms with Crippen molar-refractivity contribution in [3.05, 3.63) is 0 Å². The third-order valence-electron chi connectivity index (χ3n) is 1.94. The molecule has 1 N–H and O–H groups in total. The minimum Gasteiger partial charge on any atom is -0.393 e. The van der Waals surface area contributed by atoms with Crippen molar-refractivity contribution in [3.63, 3.8) is 0 Å². The monoisotopic (exact) mass is 228 g/mol. The Morgan fingerprint density at radius 3 is 2.40 bits per heavy atom. The number of aliphatic hydroxyl groups is 1. The largest absolute Gasteiger partial charge is 0.393 e. The van der Waals surface area contributed by atoms with Gasteiger partial charge in [0.1, 0.15) is 0 Å². The van der Waals surface area contributed by atoms with Crippen LogP contribution in [0.25, 0.3) is 0 Å². The molecule has 5 heteroatoms. The summed E-state index contributed by atoms with van der Waals surface area (Å²) < 4.78 is 40.4. The summed E-state index contributed by atoms with van der Waals surface area (Å²) in [6, 6.07) is 0. The first-order valence-corrected chi connectivity index (χ1v) is 5.28. The summed E-state index contributed by atoms with van der Waals surface area (Å²) in [4.78, 5) is 0. The molecule has 92 valence electrons. The van der Waals surface area contributed by atoms with Crippen LogP contribution in [0, 0.1) is 0 Å². The van der Waals surface area contributed by atoms with Crippen molar-refractivity contribution in [1.82, 2.24) is 0 Å². The molecule has 0 heterocycles. The molecule has 0 aliphatic rings. The third kappa shape index (κ3) is 11.6. The van der Waals surface area contributed by atoms with E-state index in [2.05, 4.69) is 0 Å². The van der Waals surface area contributed by atoms with Gasteiger partial charge in [-0.15, -0.1) is 0 Å². The van der Waals surface area contributed by atoms with Crippen LogP contribution in [0.1, 0.15) is 39.0 Å². The minimum absolute atomic E-state index is 0.0154. The van der Waals surface area contributed by atoms with E-state index in [1.165, 1.54) is 0 Å². The third-order valence-corrected chi connectivity index (χ3v) is 1.94. The topological polar surface area (TPSA) is 29.5 Å². The Morgan fingerprint density at radius 2 is 1.87 bits per heavy atom. The van der Waals surface area contributed by atoms with Gasteiger partial charge in [0, 0.05) is 19.6 Å². The molecular weight excluding hydrogens is 209 g/mol. The van der Waals surface area contributed by atoms with Gasteiger partial charge in [-0.1, -0.05) is 6.92 Å². The first-order valence-electron chi connectivity index (χ1n) is 5.28. The Balaban J connectivity index is 3.29. The number of aliphatic hydroxyl groups excluding tert-OH is 1. The fourth-order valence-corrected chi connectivity index (χ4v) is 1.15. The van der Waals surface area contributed by atoms with Gasteiger partial charge in [-0.3, -0.25) is 0 Å². The molecule has 15 heavy (non-hydrogen) atoms. The van der Waals surface area contributed by atoms with Crippen molar-refractivity contribution in [2.75, 3.05) is 13.2 Å². The zero-order valence-electron chi connectivity index (χ0n) is 9.02. The SMILES string of the molecule is CCCOCCC(O)CCCC(F)(F)F. The molecule has 0 aromatic rings. The van der Waals surface area contributed by atoms with Gasteiger partial charge in [0.05, 0.1) is 6.10 Å². The summed E-state index contributed by atoms with van der Waals surface area (Å²) in [5, 5.41) is 9.30. The number of alkyl halides is 3. The van der Waals surface area contributed by atoms with Crippen molar-refractivity contribution in [2.24, 2.45) is 0 Å². The summed E-state index contributed by atoms with van der Waals surface area (Å²) in [5.41, 5.74) is 0. The molecule has 0 bridgehead atoms. The van der Waals surface area contributed by atoms with E-state index in [0.29, 0.717) is 19.6 Å². The highest BCUT2D eigenvalue weighted by Crippen LogP contribution is 2.22. The number of hydrogen-bond acceptors (Lipinski definition) is 2. The highest BCUT2D eigenvalue weighted by Gasteiger charge is 2.26. The number of halogens is 3. The predicted molar refractivity (Wildman–Crippen MR) is 51.6 cm³/mol. The lowest BCUT2D eigenvalue weighted by Crippen LogP contribution is -2.13. The fourth-order valence-electron chi connectivity index (χ4n) is 1.15. The fraction of sp³-hybridized carbons (Fsp3) is 1.00. The normalized spacial score (nSPS) is 14.2. The van der Waals surface area contributed by atoms with Crippen LogP contribution in [0.2, 0.25) is 0 Å². The zero-order chi connectivity index (χ0) is 11.7. The van der Waals surface area contributed by atoms with E-state index < -0.39 is 18.7 Å². The summed E-state index contributed by atoms with van der Waals surface area (Å²) >= 11 is 0. The molecule has 1 atom stereocenters. The van der Waals surface area contributed by atoms with Crippen molar-refractivity contribution in [3.8, 4) is 0 Å². The molecule has 0 saturated heterocycles. The second-order valence-electron chi connectivity index (χ2n) is 3.56. The number of rotatable bonds is 8. The maximum Gasteiger partial charge on any atom is 0.389 e. The molecule has 2 nitrogen and oxygen atoms in total. The van der Waals surface area contributed by atoms with Gasteiger partial charge in [0.2, 0.25) is 0 Å². The van der Waals surface area contributed by atoms with E-state index in [1.807, 2.05) is 6.92 Å². The highest BCUT2D eigenvalue weighted by atomic mass is 19.4. The molecule has 1 unspecified atom stereocenters. The van der Waals surface area contributed by atoms with Crippen LogP contribution in [0.15, 0.2) is 0 Å². The van der Waals surface area contributed by atoms with E-state index in [9.17, 15) is 18.3 Å². The van der Waals surface area contributed by atoms with Crippen molar-refractivity contribution < 1.29 is 23.0 Å². The van der Waals surface area contributed by atoms with Gasteiger partial charge in [-0.25, -0.2) is 0 Å². The Bertz CT molecular complexity index is 148. The van der Waals surface area contributed by atoms with Gasteiger partial charge >= 0.3 is 6.18 Å². The molecule has 0 fully saturated rings. The highest BCUT2D eigenvalue weighted by molar-refractivity contribution is 4.58. The van der Waals surface area contributed by atoms with E-state index in [0.717, 1.165) is 6.42 Å². The smallest absolute Gasteiger partial charge is 0.389 e. The second-order valence-corrected chi connectivity index (χ2v) is 3.56. The van der Waals surface area contributed by atoms with Crippen LogP contribution in [-0.4, -0.2) is 30.6 Å². The van der Waals surface area contributed by atoms with E-state index in [-0.39, 0.29) is 12.8 Å². The van der Waals surface area contributed by atoms with Crippen molar-refractivity contribution in [1.29, 1.82) is 0 Å². The first-order chi connectivity index (χ1) is 6.95. The molecule has 0 radical (unpaired) electrons. The molecular formula is C10H19F3O2. The van der Waals surface area contributed by atoms with Crippen LogP contribution >= 0.6 is 0 Å². The van der Waals surface area contributed by atoms with Crippen LogP contribution in [0.5, 0.6) is 0 Å². The van der Waals surface area contributed by atoms with Crippen LogP contribution in [0.4, 0.5) is 13.2 Å². The molecule has 0 saturated carbocycles. The summed E-state index contributed by atoms with van der Waals surface area (Å²) in [7, 11) is 0. The molecule has 0 spiro atoms. The average Bonchev–Trinajstić information content (AvgIpc) is 2.10. The van der Waals surface area contributed by atoms with Crippen molar-refractivity contribution in [2.45, 2.75) is 51.3 Å². The summed E-state index contributed by atoms with van der Waals surface area (Å²) in [6.07, 6.45) is -4.11. The molecule has 0 aliphatic heterocycles. The van der Waals surface area contributed by atoms with Gasteiger partial charge < -0.3 is 9.84 Å². The van der Waals surface area contributed by atoms with Gasteiger partial charge in [0.25, 0.3) is 0 Å². The molecule has 0 amide bonds. The first kappa shape index (κ1) is 14.7. The van der Waals surface area contributed by atoms with Crippen molar-refractivity contribution >= 4 is 0 Å². The maximum atomic E-state index is 11.8. The van der Waals surface area contributed by atoms with E-state index >= 15 is 0 Å². The molecule has 0 aromatic carbocycles. The number of hydrogen-bond donors (Lipinski definition) is 1. The van der Waals surface area contributed by atoms with Crippen LogP contribution < -0.4 is 0 Å². The Kier molecular flexibility index (Phi) is 7.78. The van der Waals surface area contributed by atoms with Gasteiger partial charge in [-0.05, 0) is 25.7 Å². The van der Waals surface area contributed by atoms with Gasteiger partial charge in [0.15, 0.2) is 0 Å². The second kappa shape index (κ2) is 7.93. The predicted octanol–water partition coefficient (Wildman–Crippen LogP) is 2.90. The summed E-state index contributed by atoms with van der Waals surface area (Å²) in [5.74, 6) is 0. The van der Waals surface area contributed by atoms with E-state index in [1.54, 1.807) is 0 Å². The number of ether oxygens (including phenoxy) is 1. The molecule has 0 aromatic heterocycles. The quantitative estimate of drug-likeness (QED) is 0.647. The lowest BCUT2D eigenvalue weighted by atomic mass is 10.1. The molecule has 0 rings (SSSR count). The zero-order valence-corrected chi connectivity index (χ0v) is 9.02. The summed E-state index contributed by atoms with van der Waals surface area (Å²) in [6.45, 7) is 3.02. The average molecular weight is 228 g/mol. The Hall–Kier alpha value is -0.290. The maximum absolute atomic E-state index is 11.8. The Labute approximate surface area is 88.4 Å². The standard InChI is InChI=1S/C10H19F3O2/c1-2-7-15-8-5-9(14)4-3-6-10(11,12)13/h9,14H,2-8H2,1H3. The Morgan fingerprint density at radius 1 is 1.20 bits per heavy atom.